The van der Waals surface area contributed by atoms with Gasteiger partial charge in [-0.05, 0) is 66.4 Å². The number of Topliss-reactive ketones (excluding diaryl/α,β-unsaturated/α-hetero) is 1. The van der Waals surface area contributed by atoms with Gasteiger partial charge in [-0.15, -0.1) is 0 Å². The number of unbranched alkanes of at least 4 members (excludes halogenated alkanes) is 2. The molecule has 1 fully saturated rings. The molecule has 2 aliphatic rings. The number of pyridine rings is 1. The highest BCUT2D eigenvalue weighted by Crippen LogP contribution is 2.41. The third kappa shape index (κ3) is 5.14. The molecular weight excluding hydrogens is 480 g/mol. The molecule has 1 saturated heterocycles. The van der Waals surface area contributed by atoms with Crippen LogP contribution < -0.4 is 9.47 Å². The number of likely N-dealkylation sites (tertiary alicyclic amines) is 1. The lowest BCUT2D eigenvalue weighted by molar-refractivity contribution is -0.140. The van der Waals surface area contributed by atoms with Crippen molar-refractivity contribution in [3.63, 3.8) is 0 Å². The lowest BCUT2D eigenvalue weighted by Crippen LogP contribution is -2.29. The predicted octanol–water partition coefficient (Wildman–Crippen LogP) is 5.60. The zero-order chi connectivity index (χ0) is 26.6. The van der Waals surface area contributed by atoms with Crippen molar-refractivity contribution in [1.29, 1.82) is 0 Å². The van der Waals surface area contributed by atoms with Crippen LogP contribution in [0.25, 0.3) is 5.76 Å². The van der Waals surface area contributed by atoms with Crippen molar-refractivity contribution in [2.24, 2.45) is 0 Å². The van der Waals surface area contributed by atoms with Gasteiger partial charge in [0.05, 0.1) is 18.2 Å². The van der Waals surface area contributed by atoms with E-state index in [4.69, 9.17) is 9.47 Å². The van der Waals surface area contributed by atoms with Gasteiger partial charge in [0.2, 0.25) is 0 Å². The van der Waals surface area contributed by atoms with Gasteiger partial charge >= 0.3 is 0 Å². The summed E-state index contributed by atoms with van der Waals surface area (Å²) in [5.74, 6) is -0.0527. The summed E-state index contributed by atoms with van der Waals surface area (Å²) >= 11 is 0. The molecule has 1 aromatic heterocycles. The molecule has 2 aromatic carbocycles. The van der Waals surface area contributed by atoms with Crippen molar-refractivity contribution in [2.75, 3.05) is 6.61 Å². The molecular formula is C31H32N2O5. The number of hydrogen-bond acceptors (Lipinski definition) is 6. The average molecular weight is 513 g/mol. The Balaban J connectivity index is 1.52. The molecule has 3 aromatic rings. The van der Waals surface area contributed by atoms with E-state index in [1.54, 1.807) is 30.6 Å². The van der Waals surface area contributed by atoms with Gasteiger partial charge in [0.1, 0.15) is 23.4 Å². The summed E-state index contributed by atoms with van der Waals surface area (Å²) in [7, 11) is 0. The molecule has 0 radical (unpaired) electrons. The maximum absolute atomic E-state index is 13.4. The zero-order valence-electron chi connectivity index (χ0n) is 21.7. The van der Waals surface area contributed by atoms with Gasteiger partial charge in [-0.1, -0.05) is 38.0 Å². The topological polar surface area (TPSA) is 89.0 Å². The Labute approximate surface area is 222 Å². The van der Waals surface area contributed by atoms with Gasteiger partial charge in [-0.3, -0.25) is 14.6 Å². The van der Waals surface area contributed by atoms with Crippen LogP contribution in [-0.4, -0.2) is 39.4 Å². The number of amides is 1. The molecule has 0 saturated carbocycles. The fourth-order valence-electron chi connectivity index (χ4n) is 5.09. The van der Waals surface area contributed by atoms with E-state index in [9.17, 15) is 14.7 Å². The van der Waals surface area contributed by atoms with Crippen LogP contribution in [0.4, 0.5) is 0 Å². The quantitative estimate of drug-likeness (QED) is 0.174. The largest absolute Gasteiger partial charge is 0.507 e. The molecule has 0 unspecified atom stereocenters. The van der Waals surface area contributed by atoms with Gasteiger partial charge < -0.3 is 19.5 Å². The smallest absolute Gasteiger partial charge is 0.295 e. The van der Waals surface area contributed by atoms with Crippen molar-refractivity contribution in [1.82, 2.24) is 9.88 Å². The minimum Gasteiger partial charge on any atom is -0.507 e. The van der Waals surface area contributed by atoms with E-state index in [1.807, 2.05) is 43.3 Å². The van der Waals surface area contributed by atoms with Gasteiger partial charge in [-0.25, -0.2) is 0 Å². The van der Waals surface area contributed by atoms with Crippen LogP contribution in [0.5, 0.6) is 11.5 Å². The fraction of sp³-hybridized carbons (Fsp3) is 0.323. The maximum Gasteiger partial charge on any atom is 0.295 e. The van der Waals surface area contributed by atoms with Gasteiger partial charge in [0.15, 0.2) is 0 Å². The van der Waals surface area contributed by atoms with E-state index in [1.165, 1.54) is 4.90 Å². The SMILES string of the molecule is CCCCCOc1ccc([C@H]2C(=C(O)c3ccc4c(c3)C[C@@H](C)O4)C(=O)C(=O)N2Cc2cccnc2)cc1. The second kappa shape index (κ2) is 11.1. The Morgan fingerprint density at radius 3 is 2.68 bits per heavy atom. The summed E-state index contributed by atoms with van der Waals surface area (Å²) in [5.41, 5.74) is 3.03. The van der Waals surface area contributed by atoms with Gasteiger partial charge in [-0.2, -0.15) is 0 Å². The normalized spacial score (nSPS) is 19.9. The number of hydrogen-bond donors (Lipinski definition) is 1. The number of aliphatic hydroxyl groups excluding tert-OH is 1. The molecule has 196 valence electrons. The number of fused-ring (bicyclic) bond motifs is 1. The summed E-state index contributed by atoms with van der Waals surface area (Å²) < 4.78 is 11.6. The van der Waals surface area contributed by atoms with Crippen molar-refractivity contribution in [2.45, 2.75) is 58.2 Å². The van der Waals surface area contributed by atoms with Crippen LogP contribution >= 0.6 is 0 Å². The Hall–Kier alpha value is -4.13. The highest BCUT2D eigenvalue weighted by molar-refractivity contribution is 6.46. The molecule has 2 aliphatic heterocycles. The fourth-order valence-corrected chi connectivity index (χ4v) is 5.09. The Bertz CT molecular complexity index is 1350. The second-order valence-electron chi connectivity index (χ2n) is 9.87. The number of ketones is 1. The number of rotatable bonds is 9. The summed E-state index contributed by atoms with van der Waals surface area (Å²) in [5, 5.41) is 11.4. The van der Waals surface area contributed by atoms with Crippen molar-refractivity contribution >= 4 is 17.4 Å². The van der Waals surface area contributed by atoms with Gasteiger partial charge in [0.25, 0.3) is 11.7 Å². The van der Waals surface area contributed by atoms with E-state index in [0.717, 1.165) is 48.3 Å². The third-order valence-corrected chi connectivity index (χ3v) is 7.00. The molecule has 0 spiro atoms. The lowest BCUT2D eigenvalue weighted by atomic mass is 9.94. The third-order valence-electron chi connectivity index (χ3n) is 7.00. The first-order chi connectivity index (χ1) is 18.5. The highest BCUT2D eigenvalue weighted by atomic mass is 16.5. The number of carbonyl (C=O) groups excluding carboxylic acids is 2. The maximum atomic E-state index is 13.4. The number of aliphatic hydroxyl groups is 1. The molecule has 7 heteroatoms. The van der Waals surface area contributed by atoms with E-state index in [-0.39, 0.29) is 24.0 Å². The number of carbonyl (C=O) groups is 2. The van der Waals surface area contributed by atoms with Crippen LogP contribution in [0.1, 0.15) is 61.4 Å². The summed E-state index contributed by atoms with van der Waals surface area (Å²) in [6.07, 6.45) is 7.30. The summed E-state index contributed by atoms with van der Waals surface area (Å²) in [4.78, 5) is 32.3. The van der Waals surface area contributed by atoms with Gasteiger partial charge in [0, 0.05) is 30.9 Å². The van der Waals surface area contributed by atoms with Crippen LogP contribution in [0, 0.1) is 0 Å². The molecule has 38 heavy (non-hydrogen) atoms. The lowest BCUT2D eigenvalue weighted by Gasteiger charge is -2.25. The minimum atomic E-state index is -0.757. The number of ether oxygens (including phenoxy) is 2. The Morgan fingerprint density at radius 2 is 1.95 bits per heavy atom. The van der Waals surface area contributed by atoms with Crippen LogP contribution in [0.15, 0.2) is 72.6 Å². The molecule has 2 atom stereocenters. The second-order valence-corrected chi connectivity index (χ2v) is 9.87. The van der Waals surface area contributed by atoms with Crippen molar-refractivity contribution < 1.29 is 24.2 Å². The van der Waals surface area contributed by atoms with E-state index in [0.29, 0.717) is 17.7 Å². The molecule has 5 rings (SSSR count). The standard InChI is InChI=1S/C31H32N2O5/c1-3-4-5-15-37-25-11-8-22(9-12-25)28-27(29(34)23-10-13-26-24(17-23)16-20(2)38-26)30(35)31(36)33(28)19-21-7-6-14-32-18-21/h6-14,17-18,20,28,34H,3-5,15-16,19H2,1-2H3/t20-,28+/m1/s1. The number of benzene rings is 2. The molecule has 0 aliphatic carbocycles. The Morgan fingerprint density at radius 1 is 1.13 bits per heavy atom. The first kappa shape index (κ1) is 25.5. The van der Waals surface area contributed by atoms with Crippen molar-refractivity contribution in [3.8, 4) is 11.5 Å². The van der Waals surface area contributed by atoms with Crippen LogP contribution in [-0.2, 0) is 22.6 Å². The monoisotopic (exact) mass is 512 g/mol. The van der Waals surface area contributed by atoms with Crippen molar-refractivity contribution in [3.05, 3.63) is 94.8 Å². The predicted molar refractivity (Wildman–Crippen MR) is 144 cm³/mol. The molecule has 7 nitrogen and oxygen atoms in total. The average Bonchev–Trinajstić information content (AvgIpc) is 3.43. The molecule has 1 N–H and O–H groups in total. The zero-order valence-corrected chi connectivity index (χ0v) is 21.7. The Kier molecular flexibility index (Phi) is 7.45. The molecule has 3 heterocycles. The summed E-state index contributed by atoms with van der Waals surface area (Å²) in [6, 6.07) is 15.7. The number of nitrogens with zero attached hydrogens (tertiary/aromatic N) is 2. The highest BCUT2D eigenvalue weighted by Gasteiger charge is 2.46. The molecule has 1 amide bonds. The van der Waals surface area contributed by atoms with E-state index >= 15 is 0 Å². The van der Waals surface area contributed by atoms with E-state index in [2.05, 4.69) is 11.9 Å². The first-order valence-corrected chi connectivity index (χ1v) is 13.2. The minimum absolute atomic E-state index is 0.0511. The number of aromatic nitrogens is 1. The van der Waals surface area contributed by atoms with E-state index < -0.39 is 17.7 Å². The van der Waals surface area contributed by atoms with Crippen LogP contribution in [0.2, 0.25) is 0 Å². The van der Waals surface area contributed by atoms with Crippen LogP contribution in [0.3, 0.4) is 0 Å². The first-order valence-electron chi connectivity index (χ1n) is 13.2. The summed E-state index contributed by atoms with van der Waals surface area (Å²) in [6.45, 7) is 4.95. The molecule has 0 bridgehead atoms.